The van der Waals surface area contributed by atoms with E-state index >= 15 is 0 Å². The van der Waals surface area contributed by atoms with Gasteiger partial charge in [-0.1, -0.05) is 37.5 Å². The van der Waals surface area contributed by atoms with Gasteiger partial charge in [0.1, 0.15) is 5.75 Å². The van der Waals surface area contributed by atoms with Crippen LogP contribution in [0.1, 0.15) is 49.5 Å². The minimum atomic E-state index is -0.524. The highest BCUT2D eigenvalue weighted by molar-refractivity contribution is 5.93. The number of ether oxygens (including phenoxy) is 1. The summed E-state index contributed by atoms with van der Waals surface area (Å²) in [6.45, 7) is 1.82. The van der Waals surface area contributed by atoms with Crippen molar-refractivity contribution in [3.05, 3.63) is 51.9 Å². The lowest BCUT2D eigenvalue weighted by atomic mass is 9.96. The highest BCUT2D eigenvalue weighted by atomic mass is 16.5. The van der Waals surface area contributed by atoms with E-state index < -0.39 is 6.17 Å². The van der Waals surface area contributed by atoms with E-state index in [9.17, 15) is 4.79 Å². The molecule has 1 unspecified atom stereocenters. The molecule has 1 aliphatic heterocycles. The molecule has 2 aromatic rings. The summed E-state index contributed by atoms with van der Waals surface area (Å²) in [6.07, 6.45) is 5.50. The monoisotopic (exact) mass is 367 g/mol. The van der Waals surface area contributed by atoms with E-state index in [2.05, 4.69) is 15.6 Å². The van der Waals surface area contributed by atoms with Gasteiger partial charge in [-0.3, -0.25) is 14.7 Å². The summed E-state index contributed by atoms with van der Waals surface area (Å²) in [5, 5.41) is 6.73. The topological polar surface area (TPSA) is 80.5 Å². The molecule has 0 amide bonds. The molecule has 1 aromatic carbocycles. The van der Waals surface area contributed by atoms with Crippen molar-refractivity contribution in [3.8, 4) is 5.75 Å². The number of guanidine groups is 1. The third-order valence-electron chi connectivity index (χ3n) is 5.17. The molecule has 27 heavy (non-hydrogen) atoms. The number of nitrogens with one attached hydrogen (secondary N) is 2. The minimum absolute atomic E-state index is 0.138. The fraction of sp³-hybridized carbons (Fsp3) is 0.450. The molecule has 1 atom stereocenters. The summed E-state index contributed by atoms with van der Waals surface area (Å²) in [5.41, 5.74) is 1.37. The van der Waals surface area contributed by atoms with Gasteiger partial charge in [0, 0.05) is 23.4 Å². The number of hydrogen-bond acceptors (Lipinski definition) is 6. The zero-order chi connectivity index (χ0) is 18.8. The molecular formula is C20H25N5O2. The lowest BCUT2D eigenvalue weighted by Gasteiger charge is -2.30. The quantitative estimate of drug-likeness (QED) is 0.872. The predicted molar refractivity (Wildman–Crippen MR) is 105 cm³/mol. The van der Waals surface area contributed by atoms with Crippen molar-refractivity contribution in [2.45, 2.75) is 51.2 Å². The Labute approximate surface area is 158 Å². The van der Waals surface area contributed by atoms with E-state index in [0.29, 0.717) is 29.4 Å². The van der Waals surface area contributed by atoms with Crippen molar-refractivity contribution in [1.82, 2.24) is 14.9 Å². The van der Waals surface area contributed by atoms with Gasteiger partial charge in [0.2, 0.25) is 11.9 Å². The number of hydrogen-bond donors (Lipinski definition) is 2. The molecule has 1 aromatic heterocycles. The fourth-order valence-corrected chi connectivity index (χ4v) is 3.85. The van der Waals surface area contributed by atoms with Gasteiger partial charge in [-0.15, -0.1) is 0 Å². The molecule has 142 valence electrons. The number of benzene rings is 1. The normalized spacial score (nSPS) is 19.6. The molecule has 0 spiro atoms. The minimum Gasteiger partial charge on any atom is -0.496 e. The van der Waals surface area contributed by atoms with Crippen LogP contribution in [0.25, 0.3) is 0 Å². The van der Waals surface area contributed by atoms with Crippen LogP contribution >= 0.6 is 0 Å². The number of aliphatic imine (C=N–C) groups is 1. The van der Waals surface area contributed by atoms with Crippen LogP contribution < -0.4 is 20.9 Å². The molecule has 2 N–H and O–H groups in total. The molecule has 7 nitrogen and oxygen atoms in total. The third-order valence-corrected chi connectivity index (χ3v) is 5.17. The van der Waals surface area contributed by atoms with Crippen LogP contribution in [0.5, 0.6) is 5.75 Å². The molecule has 1 aliphatic carbocycles. The van der Waals surface area contributed by atoms with Crippen molar-refractivity contribution >= 4 is 11.9 Å². The van der Waals surface area contributed by atoms with Crippen LogP contribution in [-0.4, -0.2) is 28.7 Å². The average Bonchev–Trinajstić information content (AvgIpc) is 2.67. The Morgan fingerprint density at radius 3 is 2.78 bits per heavy atom. The first kappa shape index (κ1) is 17.6. The molecule has 1 fully saturated rings. The van der Waals surface area contributed by atoms with Crippen LogP contribution in [0.15, 0.2) is 40.1 Å². The van der Waals surface area contributed by atoms with Crippen molar-refractivity contribution in [1.29, 1.82) is 0 Å². The van der Waals surface area contributed by atoms with Crippen LogP contribution in [0.4, 0.5) is 5.95 Å². The zero-order valence-electron chi connectivity index (χ0n) is 15.7. The Morgan fingerprint density at radius 2 is 2.00 bits per heavy atom. The van der Waals surface area contributed by atoms with Gasteiger partial charge in [0.25, 0.3) is 5.56 Å². The fourth-order valence-electron chi connectivity index (χ4n) is 3.85. The Bertz CT molecular complexity index is 915. The van der Waals surface area contributed by atoms with Gasteiger partial charge < -0.3 is 10.1 Å². The highest BCUT2D eigenvalue weighted by Gasteiger charge is 2.28. The molecule has 0 saturated heterocycles. The number of rotatable bonds is 3. The second kappa shape index (κ2) is 7.42. The van der Waals surface area contributed by atoms with Gasteiger partial charge in [0.05, 0.1) is 7.11 Å². The second-order valence-electron chi connectivity index (χ2n) is 7.13. The second-order valence-corrected chi connectivity index (χ2v) is 7.13. The molecule has 0 bridgehead atoms. The van der Waals surface area contributed by atoms with Gasteiger partial charge >= 0.3 is 0 Å². The van der Waals surface area contributed by atoms with Crippen LogP contribution in [-0.2, 0) is 0 Å². The Morgan fingerprint density at radius 1 is 1.22 bits per heavy atom. The number of anilines is 1. The molecule has 2 heterocycles. The van der Waals surface area contributed by atoms with Crippen LogP contribution in [0.3, 0.4) is 0 Å². The number of methoxy groups -OCH3 is 1. The first-order chi connectivity index (χ1) is 13.2. The van der Waals surface area contributed by atoms with Gasteiger partial charge in [-0.25, -0.2) is 9.98 Å². The molecule has 4 rings (SSSR count). The highest BCUT2D eigenvalue weighted by Crippen LogP contribution is 2.31. The molecule has 0 radical (unpaired) electrons. The predicted octanol–water partition coefficient (Wildman–Crippen LogP) is 2.81. The van der Waals surface area contributed by atoms with Crippen LogP contribution in [0, 0.1) is 6.92 Å². The third kappa shape index (κ3) is 3.54. The van der Waals surface area contributed by atoms with Crippen molar-refractivity contribution in [3.63, 3.8) is 0 Å². The SMILES string of the molecule is COc1ccccc1C1N=C(NC2CCCCC2)Nc2nc(C)cc(=O)n21. The largest absolute Gasteiger partial charge is 0.496 e. The Balaban J connectivity index is 1.77. The van der Waals surface area contributed by atoms with E-state index in [-0.39, 0.29) is 5.56 Å². The number of nitrogens with zero attached hydrogens (tertiary/aromatic N) is 3. The maximum absolute atomic E-state index is 12.7. The maximum atomic E-state index is 12.7. The number of para-hydroxylation sites is 1. The number of aromatic nitrogens is 2. The van der Waals surface area contributed by atoms with E-state index in [1.807, 2.05) is 31.2 Å². The number of fused-ring (bicyclic) bond motifs is 1. The summed E-state index contributed by atoms with van der Waals surface area (Å²) in [6, 6.07) is 9.58. The molecule has 1 saturated carbocycles. The van der Waals surface area contributed by atoms with E-state index in [1.165, 1.54) is 25.3 Å². The average molecular weight is 367 g/mol. The van der Waals surface area contributed by atoms with Crippen molar-refractivity contribution in [2.75, 3.05) is 12.4 Å². The van der Waals surface area contributed by atoms with Crippen molar-refractivity contribution < 1.29 is 4.74 Å². The summed E-state index contributed by atoms with van der Waals surface area (Å²) < 4.78 is 7.10. The van der Waals surface area contributed by atoms with Gasteiger partial charge in [0.15, 0.2) is 6.17 Å². The summed E-state index contributed by atoms with van der Waals surface area (Å²) in [4.78, 5) is 22.1. The van der Waals surface area contributed by atoms with Crippen molar-refractivity contribution in [2.24, 2.45) is 4.99 Å². The van der Waals surface area contributed by atoms with E-state index in [1.54, 1.807) is 11.7 Å². The molecular weight excluding hydrogens is 342 g/mol. The Hall–Kier alpha value is -2.83. The zero-order valence-corrected chi connectivity index (χ0v) is 15.7. The summed E-state index contributed by atoms with van der Waals surface area (Å²) >= 11 is 0. The first-order valence-corrected chi connectivity index (χ1v) is 9.50. The molecule has 7 heteroatoms. The van der Waals surface area contributed by atoms with Crippen LogP contribution in [0.2, 0.25) is 0 Å². The molecule has 2 aliphatic rings. The van der Waals surface area contributed by atoms with Gasteiger partial charge in [-0.05, 0) is 25.8 Å². The maximum Gasteiger partial charge on any atom is 0.257 e. The van der Waals surface area contributed by atoms with E-state index in [0.717, 1.165) is 18.4 Å². The standard InChI is InChI=1S/C20H25N5O2/c1-13-12-17(26)25-18(15-10-6-7-11-16(15)27-2)23-19(24-20(25)21-13)22-14-8-4-3-5-9-14/h6-7,10-12,14,18H,3-5,8-9H2,1-2H3,(H2,21,22,23,24). The Kier molecular flexibility index (Phi) is 4.83. The smallest absolute Gasteiger partial charge is 0.257 e. The van der Waals surface area contributed by atoms with E-state index in [4.69, 9.17) is 9.73 Å². The first-order valence-electron chi connectivity index (χ1n) is 9.50. The lowest BCUT2D eigenvalue weighted by molar-refractivity contribution is 0.398. The summed E-state index contributed by atoms with van der Waals surface area (Å²) in [5.74, 6) is 1.86. The lowest BCUT2D eigenvalue weighted by Crippen LogP contribution is -2.45. The summed E-state index contributed by atoms with van der Waals surface area (Å²) in [7, 11) is 1.63. The van der Waals surface area contributed by atoms with Gasteiger partial charge in [-0.2, -0.15) is 0 Å². The number of aryl methyl sites for hydroxylation is 1.